The van der Waals surface area contributed by atoms with Crippen molar-refractivity contribution in [2.45, 2.75) is 30.3 Å². The molecule has 0 N–H and O–H groups in total. The summed E-state index contributed by atoms with van der Waals surface area (Å²) in [7, 11) is 1.92. The minimum absolute atomic E-state index is 0.164. The smallest absolute Gasteiger partial charge is 0.233 e. The molecule has 1 unspecified atom stereocenters. The van der Waals surface area contributed by atoms with E-state index < -0.39 is 0 Å². The van der Waals surface area contributed by atoms with E-state index in [1.165, 1.54) is 22.9 Å². The van der Waals surface area contributed by atoms with Crippen molar-refractivity contribution in [1.29, 1.82) is 0 Å². The van der Waals surface area contributed by atoms with Crippen LogP contribution in [0.4, 0.5) is 0 Å². The molecule has 2 aromatic rings. The Morgan fingerprint density at radius 1 is 1.27 bits per heavy atom. The lowest BCUT2D eigenvalue weighted by atomic mass is 9.87. The van der Waals surface area contributed by atoms with E-state index in [0.29, 0.717) is 5.75 Å². The minimum Gasteiger partial charge on any atom is -0.338 e. The molecular formula is C18H20N2OS. The van der Waals surface area contributed by atoms with Gasteiger partial charge in [0.1, 0.15) is 0 Å². The van der Waals surface area contributed by atoms with Crippen LogP contribution in [0.1, 0.15) is 30.0 Å². The molecule has 3 rings (SSSR count). The van der Waals surface area contributed by atoms with Crippen molar-refractivity contribution < 1.29 is 4.79 Å². The molecule has 3 nitrogen and oxygen atoms in total. The summed E-state index contributed by atoms with van der Waals surface area (Å²) in [5.74, 6) is 0.601. The average Bonchev–Trinajstić information content (AvgIpc) is 2.59. The first kappa shape index (κ1) is 15.1. The van der Waals surface area contributed by atoms with Crippen LogP contribution in [0.3, 0.4) is 0 Å². The van der Waals surface area contributed by atoms with Gasteiger partial charge in [-0.2, -0.15) is 0 Å². The van der Waals surface area contributed by atoms with Crippen LogP contribution in [0.2, 0.25) is 0 Å². The van der Waals surface area contributed by atoms with Crippen molar-refractivity contribution in [3.05, 3.63) is 59.8 Å². The average molecular weight is 312 g/mol. The molecule has 0 saturated heterocycles. The maximum atomic E-state index is 12.5. The highest BCUT2D eigenvalue weighted by atomic mass is 32.2. The molecule has 4 heteroatoms. The number of amides is 1. The standard InChI is InChI=1S/C18H20N2OS/c1-20(18(21)13-22-17-11-4-5-12-19-17)16-10-6-8-14-7-2-3-9-15(14)16/h2-5,7,9,11-12,16H,6,8,10,13H2,1H3. The molecule has 114 valence electrons. The lowest BCUT2D eigenvalue weighted by Gasteiger charge is -2.33. The normalized spacial score (nSPS) is 16.9. The predicted molar refractivity (Wildman–Crippen MR) is 89.9 cm³/mol. The van der Waals surface area contributed by atoms with Crippen molar-refractivity contribution in [3.8, 4) is 0 Å². The third-order valence-corrected chi connectivity index (χ3v) is 5.11. The second-order valence-electron chi connectivity index (χ2n) is 5.57. The fraction of sp³-hybridized carbons (Fsp3) is 0.333. The molecule has 1 atom stereocenters. The molecule has 22 heavy (non-hydrogen) atoms. The molecule has 1 amide bonds. The highest BCUT2D eigenvalue weighted by Crippen LogP contribution is 2.33. The SMILES string of the molecule is CN(C(=O)CSc1ccccn1)C1CCCc2ccccc21. The van der Waals surface area contributed by atoms with E-state index in [0.717, 1.165) is 24.3 Å². The van der Waals surface area contributed by atoms with Crippen LogP contribution in [0.25, 0.3) is 0 Å². The van der Waals surface area contributed by atoms with Crippen molar-refractivity contribution in [2.24, 2.45) is 0 Å². The zero-order valence-corrected chi connectivity index (χ0v) is 13.6. The van der Waals surface area contributed by atoms with Gasteiger partial charge in [-0.05, 0) is 42.5 Å². The number of nitrogens with zero attached hydrogens (tertiary/aromatic N) is 2. The molecular weight excluding hydrogens is 292 g/mol. The molecule has 0 saturated carbocycles. The van der Waals surface area contributed by atoms with Gasteiger partial charge in [0.2, 0.25) is 5.91 Å². The summed E-state index contributed by atoms with van der Waals surface area (Å²) in [6.45, 7) is 0. The molecule has 0 spiro atoms. The Kier molecular flexibility index (Phi) is 4.78. The number of pyridine rings is 1. The van der Waals surface area contributed by atoms with Crippen LogP contribution in [0, 0.1) is 0 Å². The summed E-state index contributed by atoms with van der Waals surface area (Å²) in [4.78, 5) is 18.7. The van der Waals surface area contributed by atoms with Crippen LogP contribution in [-0.2, 0) is 11.2 Å². The molecule has 1 aromatic heterocycles. The summed E-state index contributed by atoms with van der Waals surface area (Å²) in [6.07, 6.45) is 5.07. The molecule has 0 fully saturated rings. The quantitative estimate of drug-likeness (QED) is 0.807. The van der Waals surface area contributed by atoms with Gasteiger partial charge in [-0.25, -0.2) is 4.98 Å². The van der Waals surface area contributed by atoms with E-state index in [9.17, 15) is 4.79 Å². The van der Waals surface area contributed by atoms with E-state index in [2.05, 4.69) is 29.2 Å². The topological polar surface area (TPSA) is 33.2 Å². The van der Waals surface area contributed by atoms with E-state index >= 15 is 0 Å². The Bertz CT molecular complexity index is 645. The molecule has 0 radical (unpaired) electrons. The largest absolute Gasteiger partial charge is 0.338 e. The van der Waals surface area contributed by atoms with Gasteiger partial charge < -0.3 is 4.90 Å². The minimum atomic E-state index is 0.164. The maximum Gasteiger partial charge on any atom is 0.233 e. The van der Waals surface area contributed by atoms with Gasteiger partial charge >= 0.3 is 0 Å². The molecule has 1 aliphatic carbocycles. The second kappa shape index (κ2) is 6.97. The van der Waals surface area contributed by atoms with E-state index in [-0.39, 0.29) is 11.9 Å². The number of aromatic nitrogens is 1. The van der Waals surface area contributed by atoms with Gasteiger partial charge in [-0.1, -0.05) is 42.1 Å². The van der Waals surface area contributed by atoms with Gasteiger partial charge in [0.05, 0.1) is 16.8 Å². The Morgan fingerprint density at radius 2 is 2.09 bits per heavy atom. The first-order chi connectivity index (χ1) is 10.8. The zero-order valence-electron chi connectivity index (χ0n) is 12.7. The number of rotatable bonds is 4. The molecule has 0 bridgehead atoms. The van der Waals surface area contributed by atoms with Gasteiger partial charge in [0.15, 0.2) is 0 Å². The molecule has 0 aliphatic heterocycles. The third-order valence-electron chi connectivity index (χ3n) is 4.18. The number of benzene rings is 1. The van der Waals surface area contributed by atoms with Gasteiger partial charge in [-0.15, -0.1) is 0 Å². The van der Waals surface area contributed by atoms with Crippen molar-refractivity contribution in [1.82, 2.24) is 9.88 Å². The highest BCUT2D eigenvalue weighted by molar-refractivity contribution is 7.99. The zero-order chi connectivity index (χ0) is 15.4. The Hall–Kier alpha value is -1.81. The summed E-state index contributed by atoms with van der Waals surface area (Å²) in [6, 6.07) is 14.5. The lowest BCUT2D eigenvalue weighted by molar-refractivity contribution is -0.129. The number of fused-ring (bicyclic) bond motifs is 1. The number of aryl methyl sites for hydroxylation is 1. The molecule has 1 heterocycles. The fourth-order valence-electron chi connectivity index (χ4n) is 2.97. The number of carbonyl (C=O) groups excluding carboxylic acids is 1. The summed E-state index contributed by atoms with van der Waals surface area (Å²) in [5.41, 5.74) is 2.70. The van der Waals surface area contributed by atoms with Crippen LogP contribution in [0.15, 0.2) is 53.7 Å². The van der Waals surface area contributed by atoms with Crippen molar-refractivity contribution in [2.75, 3.05) is 12.8 Å². The monoisotopic (exact) mass is 312 g/mol. The molecule has 1 aliphatic rings. The van der Waals surface area contributed by atoms with Crippen LogP contribution in [-0.4, -0.2) is 28.6 Å². The van der Waals surface area contributed by atoms with E-state index in [1.54, 1.807) is 6.20 Å². The first-order valence-electron chi connectivity index (χ1n) is 7.63. The van der Waals surface area contributed by atoms with Crippen molar-refractivity contribution >= 4 is 17.7 Å². The number of carbonyl (C=O) groups is 1. The van der Waals surface area contributed by atoms with E-state index in [1.807, 2.05) is 30.1 Å². The Balaban J connectivity index is 1.66. The van der Waals surface area contributed by atoms with E-state index in [4.69, 9.17) is 0 Å². The van der Waals surface area contributed by atoms with Gasteiger partial charge in [0.25, 0.3) is 0 Å². The number of hydrogen-bond acceptors (Lipinski definition) is 3. The van der Waals surface area contributed by atoms with Crippen LogP contribution in [0.5, 0.6) is 0 Å². The number of hydrogen-bond donors (Lipinski definition) is 0. The predicted octanol–water partition coefficient (Wildman–Crippen LogP) is 3.71. The lowest BCUT2D eigenvalue weighted by Crippen LogP contribution is -2.34. The summed E-state index contributed by atoms with van der Waals surface area (Å²) >= 11 is 1.50. The second-order valence-corrected chi connectivity index (χ2v) is 6.56. The fourth-order valence-corrected chi connectivity index (χ4v) is 3.76. The Labute approximate surface area is 135 Å². The van der Waals surface area contributed by atoms with Gasteiger partial charge in [0, 0.05) is 13.2 Å². The third kappa shape index (κ3) is 3.33. The Morgan fingerprint density at radius 3 is 2.91 bits per heavy atom. The molecule has 1 aromatic carbocycles. The van der Waals surface area contributed by atoms with Crippen LogP contribution < -0.4 is 0 Å². The van der Waals surface area contributed by atoms with Gasteiger partial charge in [-0.3, -0.25) is 4.79 Å². The number of thioether (sulfide) groups is 1. The summed E-state index contributed by atoms with van der Waals surface area (Å²) in [5, 5.41) is 0.897. The first-order valence-corrected chi connectivity index (χ1v) is 8.61. The maximum absolute atomic E-state index is 12.5. The van der Waals surface area contributed by atoms with Crippen LogP contribution >= 0.6 is 11.8 Å². The highest BCUT2D eigenvalue weighted by Gasteiger charge is 2.26. The van der Waals surface area contributed by atoms with Crippen molar-refractivity contribution in [3.63, 3.8) is 0 Å². The summed E-state index contributed by atoms with van der Waals surface area (Å²) < 4.78 is 0.